The second-order valence-corrected chi connectivity index (χ2v) is 7.07. The van der Waals surface area contributed by atoms with Crippen LogP contribution in [0.5, 0.6) is 0 Å². The molecule has 2 bridgehead atoms. The van der Waals surface area contributed by atoms with Crippen LogP contribution in [0.15, 0.2) is 22.7 Å². The molecule has 2 heteroatoms. The quantitative estimate of drug-likeness (QED) is 0.864. The van der Waals surface area contributed by atoms with Gasteiger partial charge in [0.15, 0.2) is 0 Å². The number of benzene rings is 1. The number of hydrogen-bond donors (Lipinski definition) is 1. The molecule has 0 spiro atoms. The normalized spacial score (nSPS) is 31.8. The first-order chi connectivity index (χ1) is 8.63. The maximum atomic E-state index is 10.5. The summed E-state index contributed by atoms with van der Waals surface area (Å²) in [7, 11) is 0. The Morgan fingerprint density at radius 2 is 2.17 bits per heavy atom. The van der Waals surface area contributed by atoms with Gasteiger partial charge in [-0.05, 0) is 67.6 Å². The van der Waals surface area contributed by atoms with Crippen molar-refractivity contribution >= 4 is 15.9 Å². The maximum Gasteiger partial charge on any atom is 0.0803 e. The van der Waals surface area contributed by atoms with Gasteiger partial charge in [-0.3, -0.25) is 0 Å². The van der Waals surface area contributed by atoms with E-state index in [0.29, 0.717) is 0 Å². The molecule has 1 aromatic carbocycles. The average molecular weight is 309 g/mol. The average Bonchev–Trinajstić information content (AvgIpc) is 2.90. The summed E-state index contributed by atoms with van der Waals surface area (Å²) in [5.41, 5.74) is 2.29. The second-order valence-electron chi connectivity index (χ2n) is 6.21. The third-order valence-electron chi connectivity index (χ3n) is 4.93. The maximum absolute atomic E-state index is 10.5. The highest BCUT2D eigenvalue weighted by Crippen LogP contribution is 2.51. The lowest BCUT2D eigenvalue weighted by atomic mass is 9.83. The van der Waals surface area contributed by atoms with Crippen molar-refractivity contribution in [2.75, 3.05) is 0 Å². The molecule has 0 amide bonds. The lowest BCUT2D eigenvalue weighted by Gasteiger charge is -2.24. The minimum Gasteiger partial charge on any atom is -0.388 e. The van der Waals surface area contributed by atoms with Crippen molar-refractivity contribution in [3.63, 3.8) is 0 Å². The first kappa shape index (κ1) is 12.7. The van der Waals surface area contributed by atoms with E-state index in [1.54, 1.807) is 0 Å². The van der Waals surface area contributed by atoms with Crippen LogP contribution < -0.4 is 0 Å². The predicted molar refractivity (Wildman–Crippen MR) is 77.4 cm³/mol. The van der Waals surface area contributed by atoms with E-state index < -0.39 is 0 Å². The van der Waals surface area contributed by atoms with E-state index >= 15 is 0 Å². The fraction of sp³-hybridized carbons (Fsp3) is 0.625. The Hall–Kier alpha value is -0.340. The van der Waals surface area contributed by atoms with E-state index in [-0.39, 0.29) is 6.10 Å². The number of hydrogen-bond acceptors (Lipinski definition) is 1. The molecule has 3 rings (SSSR count). The molecular formula is C16H21BrO. The van der Waals surface area contributed by atoms with Crippen LogP contribution in [-0.4, -0.2) is 5.11 Å². The second kappa shape index (κ2) is 4.97. The van der Waals surface area contributed by atoms with E-state index in [9.17, 15) is 5.11 Å². The lowest BCUT2D eigenvalue weighted by Crippen LogP contribution is -2.14. The molecule has 2 aliphatic rings. The molecular weight excluding hydrogens is 288 g/mol. The third-order valence-corrected chi connectivity index (χ3v) is 5.61. The number of fused-ring (bicyclic) bond motifs is 2. The molecule has 4 unspecified atom stereocenters. The highest BCUT2D eigenvalue weighted by molar-refractivity contribution is 9.10. The van der Waals surface area contributed by atoms with Crippen LogP contribution in [0.25, 0.3) is 0 Å². The van der Waals surface area contributed by atoms with Gasteiger partial charge in [-0.15, -0.1) is 0 Å². The van der Waals surface area contributed by atoms with Crippen molar-refractivity contribution < 1.29 is 5.11 Å². The van der Waals surface area contributed by atoms with E-state index in [4.69, 9.17) is 0 Å². The summed E-state index contributed by atoms with van der Waals surface area (Å²) in [5.74, 6) is 2.62. The molecule has 98 valence electrons. The van der Waals surface area contributed by atoms with Gasteiger partial charge < -0.3 is 5.11 Å². The molecule has 1 N–H and O–H groups in total. The molecule has 1 aromatic rings. The first-order valence-corrected chi connectivity index (χ1v) is 7.87. The number of aryl methyl sites for hydroxylation is 1. The van der Waals surface area contributed by atoms with Crippen molar-refractivity contribution in [2.45, 2.75) is 45.1 Å². The van der Waals surface area contributed by atoms with Crippen LogP contribution in [0.2, 0.25) is 0 Å². The zero-order chi connectivity index (χ0) is 12.7. The van der Waals surface area contributed by atoms with Gasteiger partial charge in [0.25, 0.3) is 0 Å². The summed E-state index contributed by atoms with van der Waals surface area (Å²) in [6.07, 6.45) is 6.26. The summed E-state index contributed by atoms with van der Waals surface area (Å²) >= 11 is 3.58. The predicted octanol–water partition coefficient (Wildman–Crippen LogP) is 4.62. The summed E-state index contributed by atoms with van der Waals surface area (Å²) in [6, 6.07) is 6.25. The van der Waals surface area contributed by atoms with Crippen molar-refractivity contribution in [3.8, 4) is 0 Å². The summed E-state index contributed by atoms with van der Waals surface area (Å²) in [6.45, 7) is 2.08. The molecule has 1 nitrogen and oxygen atoms in total. The van der Waals surface area contributed by atoms with Gasteiger partial charge in [-0.25, -0.2) is 0 Å². The molecule has 2 aliphatic carbocycles. The summed E-state index contributed by atoms with van der Waals surface area (Å²) in [5, 5.41) is 10.5. The van der Waals surface area contributed by atoms with Gasteiger partial charge in [-0.2, -0.15) is 0 Å². The van der Waals surface area contributed by atoms with Crippen LogP contribution in [0.1, 0.15) is 49.3 Å². The first-order valence-electron chi connectivity index (χ1n) is 7.07. The standard InChI is InChI=1S/C16H21BrO/c1-10-2-5-14(15(17)6-10)16(18)9-13-8-11-3-4-12(13)7-11/h2,5-6,11-13,16,18H,3-4,7-9H2,1H3. The topological polar surface area (TPSA) is 20.2 Å². The SMILES string of the molecule is Cc1ccc(C(O)CC2CC3CCC2C3)c(Br)c1. The molecule has 0 saturated heterocycles. The molecule has 0 heterocycles. The van der Waals surface area contributed by atoms with Crippen molar-refractivity contribution in [3.05, 3.63) is 33.8 Å². The summed E-state index contributed by atoms with van der Waals surface area (Å²) < 4.78 is 1.05. The molecule has 2 fully saturated rings. The smallest absolute Gasteiger partial charge is 0.0803 e. The fourth-order valence-electron chi connectivity index (χ4n) is 3.98. The van der Waals surface area contributed by atoms with Gasteiger partial charge in [0.05, 0.1) is 6.10 Å². The molecule has 0 aromatic heterocycles. The van der Waals surface area contributed by atoms with E-state index in [1.165, 1.54) is 31.2 Å². The van der Waals surface area contributed by atoms with Gasteiger partial charge in [-0.1, -0.05) is 34.5 Å². The molecule has 0 aliphatic heterocycles. The van der Waals surface area contributed by atoms with Crippen LogP contribution in [0.4, 0.5) is 0 Å². The van der Waals surface area contributed by atoms with E-state index in [1.807, 2.05) is 0 Å². The Morgan fingerprint density at radius 3 is 2.78 bits per heavy atom. The Balaban J connectivity index is 1.69. The van der Waals surface area contributed by atoms with Crippen molar-refractivity contribution in [1.29, 1.82) is 0 Å². The number of rotatable bonds is 3. The number of aliphatic hydroxyl groups excluding tert-OH is 1. The van der Waals surface area contributed by atoms with Gasteiger partial charge in [0, 0.05) is 4.47 Å². The minimum atomic E-state index is -0.302. The van der Waals surface area contributed by atoms with Gasteiger partial charge in [0.2, 0.25) is 0 Å². The highest BCUT2D eigenvalue weighted by Gasteiger charge is 2.40. The fourth-order valence-corrected chi connectivity index (χ4v) is 4.74. The molecule has 4 atom stereocenters. The zero-order valence-electron chi connectivity index (χ0n) is 10.9. The van der Waals surface area contributed by atoms with Crippen molar-refractivity contribution in [1.82, 2.24) is 0 Å². The molecule has 18 heavy (non-hydrogen) atoms. The van der Waals surface area contributed by atoms with E-state index in [2.05, 4.69) is 41.1 Å². The van der Waals surface area contributed by atoms with Crippen LogP contribution in [-0.2, 0) is 0 Å². The Morgan fingerprint density at radius 1 is 1.33 bits per heavy atom. The summed E-state index contributed by atoms with van der Waals surface area (Å²) in [4.78, 5) is 0. The third kappa shape index (κ3) is 2.37. The van der Waals surface area contributed by atoms with Crippen LogP contribution in [0.3, 0.4) is 0 Å². The highest BCUT2D eigenvalue weighted by atomic mass is 79.9. The van der Waals surface area contributed by atoms with E-state index in [0.717, 1.165) is 34.2 Å². The minimum absolute atomic E-state index is 0.302. The Labute approximate surface area is 118 Å². The molecule has 2 saturated carbocycles. The number of halogens is 1. The number of aliphatic hydroxyl groups is 1. The van der Waals surface area contributed by atoms with Gasteiger partial charge >= 0.3 is 0 Å². The van der Waals surface area contributed by atoms with Crippen LogP contribution in [0, 0.1) is 24.7 Å². The Kier molecular flexibility index (Phi) is 3.50. The molecule has 0 radical (unpaired) electrons. The lowest BCUT2D eigenvalue weighted by molar-refractivity contribution is 0.125. The zero-order valence-corrected chi connectivity index (χ0v) is 12.5. The van der Waals surface area contributed by atoms with Crippen LogP contribution >= 0.6 is 15.9 Å². The Bertz CT molecular complexity index is 443. The largest absolute Gasteiger partial charge is 0.388 e. The van der Waals surface area contributed by atoms with Gasteiger partial charge in [0.1, 0.15) is 0 Å². The monoisotopic (exact) mass is 308 g/mol. The van der Waals surface area contributed by atoms with Crippen molar-refractivity contribution in [2.24, 2.45) is 17.8 Å².